The molecule has 1 saturated heterocycles. The highest BCUT2D eigenvalue weighted by Gasteiger charge is 2.45. The molecule has 1 aliphatic heterocycles. The van der Waals surface area contributed by atoms with Gasteiger partial charge in [0.2, 0.25) is 11.8 Å². The fraction of sp³-hybridized carbons (Fsp3) is 0.688. The van der Waals surface area contributed by atoms with E-state index < -0.39 is 0 Å². The van der Waals surface area contributed by atoms with E-state index in [4.69, 9.17) is 0 Å². The Labute approximate surface area is 136 Å². The monoisotopic (exact) mass is 319 g/mol. The third-order valence-corrected chi connectivity index (χ3v) is 4.55. The third-order valence-electron chi connectivity index (χ3n) is 4.55. The van der Waals surface area contributed by atoms with Gasteiger partial charge in [0, 0.05) is 25.7 Å². The van der Waals surface area contributed by atoms with Crippen molar-refractivity contribution in [2.24, 2.45) is 7.05 Å². The second-order valence-electron chi connectivity index (χ2n) is 6.81. The van der Waals surface area contributed by atoms with Crippen molar-refractivity contribution in [1.29, 1.82) is 0 Å². The van der Waals surface area contributed by atoms with Gasteiger partial charge in [-0.15, -0.1) is 0 Å². The van der Waals surface area contributed by atoms with Crippen LogP contribution in [0.15, 0.2) is 12.3 Å². The standard InChI is InChI=1S/C16H25N5O2/c1-19(2)10-14(22)18-12-6-7-15(23)21(11-4-5-11)16(12)13-8-9-17-20(13)3/h8-9,11-12,16H,4-7,10H2,1-3H3,(H,18,22)/t12-,16-/m1/s1. The van der Waals surface area contributed by atoms with Crippen molar-refractivity contribution in [2.75, 3.05) is 20.6 Å². The molecule has 0 aromatic carbocycles. The zero-order valence-corrected chi connectivity index (χ0v) is 14.0. The first-order chi connectivity index (χ1) is 11.0. The summed E-state index contributed by atoms with van der Waals surface area (Å²) in [6.07, 6.45) is 5.03. The molecule has 2 heterocycles. The van der Waals surface area contributed by atoms with E-state index in [0.717, 1.165) is 18.5 Å². The lowest BCUT2D eigenvalue weighted by Crippen LogP contribution is -2.54. The SMILES string of the molecule is CN(C)CC(=O)N[C@@H]1CCC(=O)N(C2CC2)[C@H]1c1ccnn1C. The average molecular weight is 319 g/mol. The van der Waals surface area contributed by atoms with Gasteiger partial charge in [0.25, 0.3) is 0 Å². The zero-order chi connectivity index (χ0) is 16.6. The first-order valence-electron chi connectivity index (χ1n) is 8.20. The van der Waals surface area contributed by atoms with Crippen LogP contribution >= 0.6 is 0 Å². The minimum Gasteiger partial charge on any atom is -0.350 e. The minimum atomic E-state index is -0.123. The molecule has 2 fully saturated rings. The van der Waals surface area contributed by atoms with Crippen LogP contribution in [0.1, 0.15) is 37.4 Å². The number of likely N-dealkylation sites (tertiary alicyclic amines) is 1. The number of aromatic nitrogens is 2. The number of aryl methyl sites for hydroxylation is 1. The van der Waals surface area contributed by atoms with Crippen LogP contribution in [0.5, 0.6) is 0 Å². The molecule has 1 saturated carbocycles. The lowest BCUT2D eigenvalue weighted by molar-refractivity contribution is -0.140. The van der Waals surface area contributed by atoms with Gasteiger partial charge in [-0.2, -0.15) is 5.10 Å². The molecule has 126 valence electrons. The predicted octanol–water partition coefficient (Wildman–Crippen LogP) is 0.292. The van der Waals surface area contributed by atoms with Gasteiger partial charge in [-0.05, 0) is 39.4 Å². The van der Waals surface area contributed by atoms with Gasteiger partial charge in [-0.3, -0.25) is 14.3 Å². The molecule has 0 spiro atoms. The van der Waals surface area contributed by atoms with Crippen LogP contribution in [0.3, 0.4) is 0 Å². The van der Waals surface area contributed by atoms with Gasteiger partial charge in [0.1, 0.15) is 0 Å². The molecule has 7 nitrogen and oxygen atoms in total. The number of amides is 2. The number of hydrogen-bond donors (Lipinski definition) is 1. The van der Waals surface area contributed by atoms with E-state index >= 15 is 0 Å². The van der Waals surface area contributed by atoms with Gasteiger partial charge in [-0.1, -0.05) is 0 Å². The van der Waals surface area contributed by atoms with Crippen molar-refractivity contribution < 1.29 is 9.59 Å². The van der Waals surface area contributed by atoms with Crippen LogP contribution < -0.4 is 5.32 Å². The van der Waals surface area contributed by atoms with Gasteiger partial charge in [-0.25, -0.2) is 0 Å². The van der Waals surface area contributed by atoms with Gasteiger partial charge in [0.05, 0.1) is 24.3 Å². The fourth-order valence-electron chi connectivity index (χ4n) is 3.41. The summed E-state index contributed by atoms with van der Waals surface area (Å²) >= 11 is 0. The quantitative estimate of drug-likeness (QED) is 0.847. The normalized spacial score (nSPS) is 25.0. The van der Waals surface area contributed by atoms with Crippen LogP contribution in [0.25, 0.3) is 0 Å². The number of carbonyl (C=O) groups excluding carboxylic acids is 2. The van der Waals surface area contributed by atoms with E-state index in [0.29, 0.717) is 25.4 Å². The summed E-state index contributed by atoms with van der Waals surface area (Å²) in [7, 11) is 5.64. The molecule has 0 unspecified atom stereocenters. The van der Waals surface area contributed by atoms with Crippen molar-refractivity contribution in [3.63, 3.8) is 0 Å². The number of carbonyl (C=O) groups is 2. The van der Waals surface area contributed by atoms with E-state index in [1.807, 2.05) is 41.7 Å². The van der Waals surface area contributed by atoms with Crippen LogP contribution in [0.4, 0.5) is 0 Å². The number of rotatable bonds is 5. The molecule has 1 aromatic heterocycles. The van der Waals surface area contributed by atoms with E-state index in [2.05, 4.69) is 10.4 Å². The Bertz CT molecular complexity index is 593. The average Bonchev–Trinajstić information content (AvgIpc) is 3.21. The van der Waals surface area contributed by atoms with Crippen LogP contribution in [-0.4, -0.2) is 64.1 Å². The maximum Gasteiger partial charge on any atom is 0.234 e. The topological polar surface area (TPSA) is 70.5 Å². The number of nitrogens with zero attached hydrogens (tertiary/aromatic N) is 4. The van der Waals surface area contributed by atoms with E-state index in [1.54, 1.807) is 6.20 Å². The molecule has 2 amide bonds. The molecule has 1 aromatic rings. The van der Waals surface area contributed by atoms with Crippen LogP contribution in [0, 0.1) is 0 Å². The maximum absolute atomic E-state index is 12.5. The molecule has 0 radical (unpaired) electrons. The first-order valence-corrected chi connectivity index (χ1v) is 8.20. The highest BCUT2D eigenvalue weighted by atomic mass is 16.2. The molecule has 3 rings (SSSR count). The lowest BCUT2D eigenvalue weighted by Gasteiger charge is -2.41. The highest BCUT2D eigenvalue weighted by molar-refractivity contribution is 5.81. The molecule has 23 heavy (non-hydrogen) atoms. The second-order valence-corrected chi connectivity index (χ2v) is 6.81. The van der Waals surface area contributed by atoms with Gasteiger partial charge < -0.3 is 15.1 Å². The summed E-state index contributed by atoms with van der Waals surface area (Å²) in [5, 5.41) is 7.38. The van der Waals surface area contributed by atoms with Crippen molar-refractivity contribution in [3.05, 3.63) is 18.0 Å². The van der Waals surface area contributed by atoms with Crippen molar-refractivity contribution in [1.82, 2.24) is 24.9 Å². The Kier molecular flexibility index (Phi) is 4.39. The number of likely N-dealkylation sites (N-methyl/N-ethyl adjacent to an activating group) is 1. The van der Waals surface area contributed by atoms with Gasteiger partial charge in [0.15, 0.2) is 0 Å². The third kappa shape index (κ3) is 3.39. The fourth-order valence-corrected chi connectivity index (χ4v) is 3.41. The second kappa shape index (κ2) is 6.31. The van der Waals surface area contributed by atoms with Gasteiger partial charge >= 0.3 is 0 Å². The van der Waals surface area contributed by atoms with E-state index in [1.165, 1.54) is 0 Å². The summed E-state index contributed by atoms with van der Waals surface area (Å²) < 4.78 is 1.81. The Morgan fingerprint density at radius 1 is 1.39 bits per heavy atom. The minimum absolute atomic E-state index is 0.00253. The Morgan fingerprint density at radius 3 is 2.70 bits per heavy atom. The molecular weight excluding hydrogens is 294 g/mol. The largest absolute Gasteiger partial charge is 0.350 e. The first kappa shape index (κ1) is 16.0. The summed E-state index contributed by atoms with van der Waals surface area (Å²) in [6, 6.07) is 2.08. The molecule has 1 N–H and O–H groups in total. The van der Waals surface area contributed by atoms with E-state index in [9.17, 15) is 9.59 Å². The van der Waals surface area contributed by atoms with Crippen LogP contribution in [-0.2, 0) is 16.6 Å². The maximum atomic E-state index is 12.5. The molecule has 0 bridgehead atoms. The molecule has 2 atom stereocenters. The number of hydrogen-bond acceptors (Lipinski definition) is 4. The summed E-state index contributed by atoms with van der Waals surface area (Å²) in [5.41, 5.74) is 0.986. The van der Waals surface area contributed by atoms with Crippen molar-refractivity contribution in [3.8, 4) is 0 Å². The Balaban J connectivity index is 1.85. The molecule has 1 aliphatic carbocycles. The molecular formula is C16H25N5O2. The number of piperidine rings is 1. The van der Waals surface area contributed by atoms with Crippen molar-refractivity contribution >= 4 is 11.8 Å². The molecule has 7 heteroatoms. The number of nitrogens with one attached hydrogen (secondary N) is 1. The zero-order valence-electron chi connectivity index (χ0n) is 14.0. The Morgan fingerprint density at radius 2 is 2.13 bits per heavy atom. The summed E-state index contributed by atoms with van der Waals surface area (Å²) in [5.74, 6) is 0.189. The summed E-state index contributed by atoms with van der Waals surface area (Å²) in [4.78, 5) is 28.5. The Hall–Kier alpha value is -1.89. The van der Waals surface area contributed by atoms with E-state index in [-0.39, 0.29) is 23.9 Å². The smallest absolute Gasteiger partial charge is 0.234 e. The predicted molar refractivity (Wildman–Crippen MR) is 85.5 cm³/mol. The van der Waals surface area contributed by atoms with Crippen LogP contribution in [0.2, 0.25) is 0 Å². The highest BCUT2D eigenvalue weighted by Crippen LogP contribution is 2.40. The molecule has 2 aliphatic rings. The lowest BCUT2D eigenvalue weighted by atomic mass is 9.92. The van der Waals surface area contributed by atoms with Crippen molar-refractivity contribution in [2.45, 2.75) is 43.8 Å². The summed E-state index contributed by atoms with van der Waals surface area (Å²) in [6.45, 7) is 0.353.